The summed E-state index contributed by atoms with van der Waals surface area (Å²) in [7, 11) is 0. The van der Waals surface area contributed by atoms with Crippen molar-refractivity contribution in [3.8, 4) is 11.8 Å². The van der Waals surface area contributed by atoms with E-state index in [1.54, 1.807) is 0 Å². The quantitative estimate of drug-likeness (QED) is 0.704. The average molecular weight is 257 g/mol. The van der Waals surface area contributed by atoms with Crippen molar-refractivity contribution in [2.75, 3.05) is 0 Å². The van der Waals surface area contributed by atoms with Gasteiger partial charge in [-0.25, -0.2) is 0 Å². The lowest BCUT2D eigenvalue weighted by Gasteiger charge is -2.19. The number of nitrogens with one attached hydrogen (secondary N) is 1. The van der Waals surface area contributed by atoms with Crippen molar-refractivity contribution in [1.82, 2.24) is 5.32 Å². The lowest BCUT2D eigenvalue weighted by molar-refractivity contribution is 0.571. The minimum Gasteiger partial charge on any atom is -0.359 e. The second kappa shape index (κ2) is 6.66. The lowest BCUT2D eigenvalue weighted by Crippen LogP contribution is -2.16. The van der Waals surface area contributed by atoms with E-state index in [2.05, 4.69) is 64.4 Å². The Balaban J connectivity index is 2.92. The molecule has 0 saturated carbocycles. The molecule has 0 spiro atoms. The molecule has 0 unspecified atom stereocenters. The summed E-state index contributed by atoms with van der Waals surface area (Å²) in [4.78, 5) is 0. The Morgan fingerprint density at radius 1 is 1.42 bits per heavy atom. The van der Waals surface area contributed by atoms with Crippen LogP contribution in [0.5, 0.6) is 0 Å². The molecule has 19 heavy (non-hydrogen) atoms. The van der Waals surface area contributed by atoms with E-state index < -0.39 is 0 Å². The maximum Gasteiger partial charge on any atom is 0.0499 e. The Hall–Kier alpha value is -1.42. The van der Waals surface area contributed by atoms with Gasteiger partial charge >= 0.3 is 0 Å². The van der Waals surface area contributed by atoms with Gasteiger partial charge in [-0.1, -0.05) is 43.4 Å². The number of allylic oxidation sites excluding steroid dienone is 4. The van der Waals surface area contributed by atoms with Crippen LogP contribution in [-0.2, 0) is 0 Å². The normalized spacial score (nSPS) is 15.5. The highest BCUT2D eigenvalue weighted by molar-refractivity contribution is 5.50. The standard InChI is InChI=1S/C18H27N/c1-7-9-15(3)19-17-11-8-10-14(2)16(17)12-13-18(4,5)6/h11,19H,3,7-10H2,1-2,4-6H3. The van der Waals surface area contributed by atoms with Gasteiger partial charge in [-0.2, -0.15) is 0 Å². The number of hydrogen-bond donors (Lipinski definition) is 1. The molecule has 0 aromatic heterocycles. The third kappa shape index (κ3) is 5.39. The fourth-order valence-corrected chi connectivity index (χ4v) is 1.98. The molecule has 0 heterocycles. The molecule has 0 aromatic rings. The molecular weight excluding hydrogens is 230 g/mol. The summed E-state index contributed by atoms with van der Waals surface area (Å²) >= 11 is 0. The first-order chi connectivity index (χ1) is 8.83. The highest BCUT2D eigenvalue weighted by Gasteiger charge is 2.13. The summed E-state index contributed by atoms with van der Waals surface area (Å²) in [6, 6.07) is 0. The fraction of sp³-hybridized carbons (Fsp3) is 0.556. The van der Waals surface area contributed by atoms with Crippen LogP contribution >= 0.6 is 0 Å². The molecule has 1 N–H and O–H groups in total. The zero-order valence-electron chi connectivity index (χ0n) is 13.1. The molecule has 1 aliphatic carbocycles. The Labute approximate surface area is 118 Å². The molecule has 1 nitrogen and oxygen atoms in total. The number of hydrogen-bond acceptors (Lipinski definition) is 1. The summed E-state index contributed by atoms with van der Waals surface area (Å²) in [6.07, 6.45) is 6.58. The van der Waals surface area contributed by atoms with E-state index in [1.165, 1.54) is 11.1 Å². The molecule has 104 valence electrons. The largest absolute Gasteiger partial charge is 0.359 e. The van der Waals surface area contributed by atoms with Gasteiger partial charge in [0.25, 0.3) is 0 Å². The van der Waals surface area contributed by atoms with Crippen LogP contribution in [-0.4, -0.2) is 0 Å². The third-order valence-corrected chi connectivity index (χ3v) is 2.99. The summed E-state index contributed by atoms with van der Waals surface area (Å²) in [5.41, 5.74) is 4.82. The predicted molar refractivity (Wildman–Crippen MR) is 84.4 cm³/mol. The molecule has 0 fully saturated rings. The summed E-state index contributed by atoms with van der Waals surface area (Å²) < 4.78 is 0. The van der Waals surface area contributed by atoms with Gasteiger partial charge in [0.05, 0.1) is 0 Å². The van der Waals surface area contributed by atoms with Gasteiger partial charge in [0.15, 0.2) is 0 Å². The van der Waals surface area contributed by atoms with Gasteiger partial charge in [0.1, 0.15) is 0 Å². The van der Waals surface area contributed by atoms with Crippen molar-refractivity contribution >= 4 is 0 Å². The maximum atomic E-state index is 4.08. The van der Waals surface area contributed by atoms with E-state index in [0.29, 0.717) is 0 Å². The third-order valence-electron chi connectivity index (χ3n) is 2.99. The monoisotopic (exact) mass is 257 g/mol. The van der Waals surface area contributed by atoms with Crippen molar-refractivity contribution in [2.45, 2.75) is 60.3 Å². The maximum absolute atomic E-state index is 4.08. The second-order valence-electron chi connectivity index (χ2n) is 6.29. The van der Waals surface area contributed by atoms with Crippen molar-refractivity contribution in [1.29, 1.82) is 0 Å². The zero-order chi connectivity index (χ0) is 14.5. The van der Waals surface area contributed by atoms with Gasteiger partial charge in [0.2, 0.25) is 0 Å². The lowest BCUT2D eigenvalue weighted by atomic mass is 9.93. The van der Waals surface area contributed by atoms with Crippen LogP contribution in [0.2, 0.25) is 0 Å². The Bertz CT molecular complexity index is 458. The molecule has 0 amide bonds. The van der Waals surface area contributed by atoms with Gasteiger partial charge in [-0.3, -0.25) is 0 Å². The predicted octanol–water partition coefficient (Wildman–Crippen LogP) is 4.93. The van der Waals surface area contributed by atoms with Crippen LogP contribution in [0.3, 0.4) is 0 Å². The van der Waals surface area contributed by atoms with Crippen molar-refractivity contribution < 1.29 is 0 Å². The van der Waals surface area contributed by atoms with E-state index >= 15 is 0 Å². The van der Waals surface area contributed by atoms with Crippen LogP contribution < -0.4 is 5.32 Å². The first-order valence-corrected chi connectivity index (χ1v) is 7.21. The average Bonchev–Trinajstić information content (AvgIpc) is 2.27. The molecule has 0 aliphatic heterocycles. The smallest absolute Gasteiger partial charge is 0.0499 e. The van der Waals surface area contributed by atoms with Gasteiger partial charge < -0.3 is 5.32 Å². The Kier molecular flexibility index (Phi) is 5.48. The zero-order valence-corrected chi connectivity index (χ0v) is 13.1. The minimum absolute atomic E-state index is 0.0380. The first-order valence-electron chi connectivity index (χ1n) is 7.21. The Morgan fingerprint density at radius 3 is 2.68 bits per heavy atom. The Morgan fingerprint density at radius 2 is 2.11 bits per heavy atom. The summed E-state index contributed by atoms with van der Waals surface area (Å²) in [6.45, 7) is 14.9. The molecule has 1 aliphatic rings. The molecule has 0 radical (unpaired) electrons. The van der Waals surface area contributed by atoms with E-state index in [-0.39, 0.29) is 5.41 Å². The van der Waals surface area contributed by atoms with Crippen molar-refractivity contribution in [3.63, 3.8) is 0 Å². The van der Waals surface area contributed by atoms with Gasteiger partial charge in [0, 0.05) is 22.4 Å². The second-order valence-corrected chi connectivity index (χ2v) is 6.29. The fourth-order valence-electron chi connectivity index (χ4n) is 1.98. The van der Waals surface area contributed by atoms with E-state index in [4.69, 9.17) is 0 Å². The van der Waals surface area contributed by atoms with Crippen molar-refractivity contribution in [3.05, 3.63) is 35.2 Å². The van der Waals surface area contributed by atoms with E-state index in [0.717, 1.165) is 37.1 Å². The van der Waals surface area contributed by atoms with E-state index in [1.807, 2.05) is 0 Å². The van der Waals surface area contributed by atoms with Crippen molar-refractivity contribution in [2.24, 2.45) is 5.41 Å². The van der Waals surface area contributed by atoms with E-state index in [9.17, 15) is 0 Å². The summed E-state index contributed by atoms with van der Waals surface area (Å²) in [5, 5.41) is 3.44. The van der Waals surface area contributed by atoms with Crippen LogP contribution in [0.25, 0.3) is 0 Å². The van der Waals surface area contributed by atoms with Gasteiger partial charge in [-0.05, 0) is 47.0 Å². The molecule has 0 bridgehead atoms. The van der Waals surface area contributed by atoms with Crippen LogP contribution in [0.15, 0.2) is 35.2 Å². The first kappa shape index (κ1) is 15.6. The van der Waals surface area contributed by atoms with Crippen LogP contribution in [0.4, 0.5) is 0 Å². The molecule has 0 atom stereocenters. The molecule has 1 rings (SSSR count). The topological polar surface area (TPSA) is 12.0 Å². The van der Waals surface area contributed by atoms with Gasteiger partial charge in [-0.15, -0.1) is 0 Å². The molecule has 0 aromatic carbocycles. The SMILES string of the molecule is C=C(CCC)NC1=CCCC(C)=C1C#CC(C)(C)C. The highest BCUT2D eigenvalue weighted by Crippen LogP contribution is 2.24. The molecule has 0 saturated heterocycles. The molecule has 1 heteroatoms. The molecular formula is C18H27N. The summed E-state index contributed by atoms with van der Waals surface area (Å²) in [5.74, 6) is 6.71. The highest BCUT2D eigenvalue weighted by atomic mass is 14.9. The minimum atomic E-state index is 0.0380. The van der Waals surface area contributed by atoms with Crippen LogP contribution in [0.1, 0.15) is 60.3 Å². The number of rotatable bonds is 4. The van der Waals surface area contributed by atoms with Crippen LogP contribution in [0, 0.1) is 17.3 Å².